The number of hydrogen-bond acceptors (Lipinski definition) is 4. The van der Waals surface area contributed by atoms with E-state index in [2.05, 4.69) is 14.7 Å². The fourth-order valence-corrected chi connectivity index (χ4v) is 1.92. The number of nitrogens with one attached hydrogen (secondary N) is 2. The number of nitrogens with zero attached hydrogens (tertiary/aromatic N) is 1. The number of sulfonamides is 1. The Balaban J connectivity index is 2.63. The summed E-state index contributed by atoms with van der Waals surface area (Å²) in [6.07, 6.45) is 2.53. The van der Waals surface area contributed by atoms with E-state index in [9.17, 15) is 8.42 Å². The van der Waals surface area contributed by atoms with Crippen LogP contribution in [0.1, 0.15) is 6.92 Å². The van der Waals surface area contributed by atoms with Gasteiger partial charge >= 0.3 is 0 Å². The minimum Gasteiger partial charge on any atom is -0.393 e. The van der Waals surface area contributed by atoms with Crippen molar-refractivity contribution >= 4 is 27.2 Å². The van der Waals surface area contributed by atoms with Crippen molar-refractivity contribution in [3.63, 3.8) is 0 Å². The fraction of sp³-hybridized carbons (Fsp3) is 0.429. The number of hydrogen-bond donors (Lipinski definition) is 3. The zero-order valence-electron chi connectivity index (χ0n) is 8.10. The number of aromatic nitrogens is 2. The van der Waals surface area contributed by atoms with Crippen molar-refractivity contribution in [3.05, 3.63) is 12.5 Å². The van der Waals surface area contributed by atoms with E-state index in [-0.39, 0.29) is 22.5 Å². The van der Waals surface area contributed by atoms with E-state index < -0.39 is 10.0 Å². The number of imidazole rings is 1. The smallest absolute Gasteiger partial charge is 0.257 e. The summed E-state index contributed by atoms with van der Waals surface area (Å²) in [6.45, 7) is 1.93. The van der Waals surface area contributed by atoms with Crippen LogP contribution in [0.25, 0.3) is 0 Å². The third-order valence-electron chi connectivity index (χ3n) is 1.83. The number of H-pyrrole nitrogens is 1. The summed E-state index contributed by atoms with van der Waals surface area (Å²) in [5.41, 5.74) is 5.36. The first kappa shape index (κ1) is 12.1. The van der Waals surface area contributed by atoms with Crippen molar-refractivity contribution < 1.29 is 8.42 Å². The van der Waals surface area contributed by atoms with Crippen LogP contribution in [0, 0.1) is 5.92 Å². The number of thiocarbonyl (C=S) groups is 1. The Morgan fingerprint density at radius 2 is 2.47 bits per heavy atom. The Morgan fingerprint density at radius 1 is 1.80 bits per heavy atom. The molecule has 84 valence electrons. The lowest BCUT2D eigenvalue weighted by molar-refractivity contribution is 0.572. The molecule has 0 fully saturated rings. The molecule has 1 heterocycles. The lowest BCUT2D eigenvalue weighted by atomic mass is 10.2. The van der Waals surface area contributed by atoms with Crippen LogP contribution in [0.3, 0.4) is 0 Å². The number of aromatic amines is 1. The van der Waals surface area contributed by atoms with Crippen molar-refractivity contribution in [2.75, 3.05) is 6.54 Å². The van der Waals surface area contributed by atoms with Gasteiger partial charge in [-0.1, -0.05) is 19.1 Å². The van der Waals surface area contributed by atoms with Gasteiger partial charge in [0.15, 0.2) is 5.03 Å². The second-order valence-corrected chi connectivity index (χ2v) is 5.28. The Labute approximate surface area is 93.3 Å². The zero-order valence-corrected chi connectivity index (χ0v) is 9.73. The number of rotatable bonds is 5. The molecular formula is C7H12N4O2S2. The SMILES string of the molecule is CC(CNS(=O)(=O)c1cnc[nH]1)C(N)=S. The molecule has 1 aromatic rings. The molecule has 6 nitrogen and oxygen atoms in total. The first-order valence-corrected chi connectivity index (χ1v) is 6.10. The lowest BCUT2D eigenvalue weighted by Gasteiger charge is -2.10. The minimum absolute atomic E-state index is 0.0256. The standard InChI is InChI=1S/C7H12N4O2S2/c1-5(7(8)14)2-11-15(12,13)6-3-9-4-10-6/h3-5,11H,2H2,1H3,(H2,8,14)(H,9,10). The molecule has 1 unspecified atom stereocenters. The Hall–Kier alpha value is -0.990. The summed E-state index contributed by atoms with van der Waals surface area (Å²) < 4.78 is 25.5. The largest absolute Gasteiger partial charge is 0.393 e. The summed E-state index contributed by atoms with van der Waals surface area (Å²) in [7, 11) is -3.53. The molecule has 4 N–H and O–H groups in total. The first-order chi connectivity index (χ1) is 6.93. The molecule has 1 aromatic heterocycles. The predicted molar refractivity (Wildman–Crippen MR) is 59.7 cm³/mol. The quantitative estimate of drug-likeness (QED) is 0.616. The van der Waals surface area contributed by atoms with Crippen LogP contribution in [0.2, 0.25) is 0 Å². The van der Waals surface area contributed by atoms with Gasteiger partial charge in [-0.3, -0.25) is 0 Å². The highest BCUT2D eigenvalue weighted by Gasteiger charge is 2.16. The van der Waals surface area contributed by atoms with Gasteiger partial charge in [-0.15, -0.1) is 0 Å². The van der Waals surface area contributed by atoms with Gasteiger partial charge in [-0.25, -0.2) is 18.1 Å². The molecule has 0 aromatic carbocycles. The normalized spacial score (nSPS) is 13.7. The lowest BCUT2D eigenvalue weighted by Crippen LogP contribution is -2.33. The topological polar surface area (TPSA) is 101 Å². The summed E-state index contributed by atoms with van der Waals surface area (Å²) in [5.74, 6) is -0.183. The van der Waals surface area contributed by atoms with Crippen molar-refractivity contribution in [3.8, 4) is 0 Å². The molecule has 15 heavy (non-hydrogen) atoms. The predicted octanol–water partition coefficient (Wildman–Crippen LogP) is -0.390. The Bertz CT molecular complexity index is 426. The summed E-state index contributed by atoms with van der Waals surface area (Å²) >= 11 is 4.73. The van der Waals surface area contributed by atoms with Gasteiger partial charge in [0, 0.05) is 12.5 Å². The molecular weight excluding hydrogens is 236 g/mol. The molecule has 0 aliphatic carbocycles. The van der Waals surface area contributed by atoms with Crippen molar-refractivity contribution in [2.45, 2.75) is 11.9 Å². The van der Waals surface area contributed by atoms with Crippen LogP contribution in [0.4, 0.5) is 0 Å². The van der Waals surface area contributed by atoms with Crippen molar-refractivity contribution in [1.82, 2.24) is 14.7 Å². The van der Waals surface area contributed by atoms with E-state index in [1.807, 2.05) is 0 Å². The van der Waals surface area contributed by atoms with E-state index in [0.717, 1.165) is 0 Å². The third-order valence-corrected chi connectivity index (χ3v) is 3.58. The van der Waals surface area contributed by atoms with Crippen LogP contribution in [0.15, 0.2) is 17.6 Å². The highest BCUT2D eigenvalue weighted by molar-refractivity contribution is 7.89. The molecule has 0 amide bonds. The maximum absolute atomic E-state index is 11.6. The summed E-state index contributed by atoms with van der Waals surface area (Å²) in [4.78, 5) is 6.41. The highest BCUT2D eigenvalue weighted by Crippen LogP contribution is 2.03. The van der Waals surface area contributed by atoms with E-state index in [1.165, 1.54) is 12.5 Å². The number of nitrogens with two attached hydrogens (primary N) is 1. The second-order valence-electron chi connectivity index (χ2n) is 3.07. The summed E-state index contributed by atoms with van der Waals surface area (Å²) in [6, 6.07) is 0. The monoisotopic (exact) mass is 248 g/mol. The van der Waals surface area contributed by atoms with Gasteiger partial charge in [0.2, 0.25) is 0 Å². The van der Waals surface area contributed by atoms with Crippen LogP contribution >= 0.6 is 12.2 Å². The zero-order chi connectivity index (χ0) is 11.5. The van der Waals surface area contributed by atoms with Gasteiger partial charge in [-0.05, 0) is 0 Å². The maximum Gasteiger partial charge on any atom is 0.257 e. The van der Waals surface area contributed by atoms with Gasteiger partial charge in [0.05, 0.1) is 17.5 Å². The highest BCUT2D eigenvalue weighted by atomic mass is 32.2. The average molecular weight is 248 g/mol. The first-order valence-electron chi connectivity index (χ1n) is 4.21. The molecule has 0 saturated heterocycles. The maximum atomic E-state index is 11.6. The molecule has 0 bridgehead atoms. The Kier molecular flexibility index (Phi) is 3.77. The van der Waals surface area contributed by atoms with E-state index in [1.54, 1.807) is 6.92 Å². The Morgan fingerprint density at radius 3 is 2.93 bits per heavy atom. The minimum atomic E-state index is -3.53. The third kappa shape index (κ3) is 3.26. The van der Waals surface area contributed by atoms with E-state index >= 15 is 0 Å². The van der Waals surface area contributed by atoms with Gasteiger partial charge < -0.3 is 10.7 Å². The second kappa shape index (κ2) is 4.69. The molecule has 0 aliphatic heterocycles. The molecule has 0 spiro atoms. The van der Waals surface area contributed by atoms with Crippen molar-refractivity contribution in [1.29, 1.82) is 0 Å². The summed E-state index contributed by atoms with van der Waals surface area (Å²) in [5, 5.41) is 0.0256. The van der Waals surface area contributed by atoms with Gasteiger partial charge in [0.1, 0.15) is 0 Å². The van der Waals surface area contributed by atoms with Gasteiger partial charge in [0.25, 0.3) is 10.0 Å². The molecule has 0 saturated carbocycles. The van der Waals surface area contributed by atoms with Crippen LogP contribution in [-0.4, -0.2) is 29.9 Å². The van der Waals surface area contributed by atoms with Crippen LogP contribution < -0.4 is 10.5 Å². The van der Waals surface area contributed by atoms with Crippen LogP contribution in [0.5, 0.6) is 0 Å². The molecule has 0 radical (unpaired) electrons. The van der Waals surface area contributed by atoms with Gasteiger partial charge in [-0.2, -0.15) is 0 Å². The fourth-order valence-electron chi connectivity index (χ4n) is 0.803. The van der Waals surface area contributed by atoms with Crippen LogP contribution in [-0.2, 0) is 10.0 Å². The molecule has 1 rings (SSSR count). The average Bonchev–Trinajstić information content (AvgIpc) is 2.67. The van der Waals surface area contributed by atoms with Crippen molar-refractivity contribution in [2.24, 2.45) is 11.7 Å². The van der Waals surface area contributed by atoms with E-state index in [0.29, 0.717) is 0 Å². The molecule has 8 heteroatoms. The van der Waals surface area contributed by atoms with E-state index in [4.69, 9.17) is 18.0 Å². The molecule has 0 aliphatic rings. The molecule has 1 atom stereocenters.